The molecule has 3 atom stereocenters. The summed E-state index contributed by atoms with van der Waals surface area (Å²) in [6.45, 7) is 2.72. The van der Waals surface area contributed by atoms with Gasteiger partial charge >= 0.3 is 0 Å². The second-order valence-corrected chi connectivity index (χ2v) is 5.27. The lowest BCUT2D eigenvalue weighted by molar-refractivity contribution is -0.127. The predicted molar refractivity (Wildman–Crippen MR) is 50.7 cm³/mol. The molecule has 1 amide bonds. The molecule has 3 unspecified atom stereocenters. The highest BCUT2D eigenvalue weighted by molar-refractivity contribution is 7.84. The first-order valence-electron chi connectivity index (χ1n) is 4.28. The molecule has 4 nitrogen and oxygen atoms in total. The van der Waals surface area contributed by atoms with Crippen molar-refractivity contribution in [1.82, 2.24) is 4.90 Å². The van der Waals surface area contributed by atoms with Gasteiger partial charge in [0, 0.05) is 35.4 Å². The summed E-state index contributed by atoms with van der Waals surface area (Å²) in [6.07, 6.45) is 1.30. The summed E-state index contributed by atoms with van der Waals surface area (Å²) >= 11 is 0. The molecular formula is C8H15NO3S. The fourth-order valence-electron chi connectivity index (χ4n) is 1.34. The van der Waals surface area contributed by atoms with Gasteiger partial charge in [0.25, 0.3) is 0 Å². The largest absolute Gasteiger partial charge is 0.391 e. The lowest BCUT2D eigenvalue weighted by atomic mass is 10.3. The number of amides is 1. The Morgan fingerprint density at radius 1 is 1.77 bits per heavy atom. The molecule has 0 aromatic heterocycles. The number of hydrogen-bond acceptors (Lipinski definition) is 3. The van der Waals surface area contributed by atoms with Gasteiger partial charge in [0.1, 0.15) is 0 Å². The Kier molecular flexibility index (Phi) is 3.44. The predicted octanol–water partition coefficient (Wildman–Crippen LogP) is -0.653. The summed E-state index contributed by atoms with van der Waals surface area (Å²) in [6, 6.07) is 0. The van der Waals surface area contributed by atoms with Crippen molar-refractivity contribution >= 4 is 16.7 Å². The van der Waals surface area contributed by atoms with Gasteiger partial charge in [-0.15, -0.1) is 0 Å². The van der Waals surface area contributed by atoms with Gasteiger partial charge in [0.15, 0.2) is 0 Å². The van der Waals surface area contributed by atoms with Gasteiger partial charge in [0.2, 0.25) is 5.91 Å². The van der Waals surface area contributed by atoms with E-state index in [4.69, 9.17) is 0 Å². The number of hydrogen-bond donors (Lipinski definition) is 1. The zero-order valence-corrected chi connectivity index (χ0v) is 8.71. The summed E-state index contributed by atoms with van der Waals surface area (Å²) in [5.74, 6) is -0.0372. The quantitative estimate of drug-likeness (QED) is 0.666. The topological polar surface area (TPSA) is 57.6 Å². The number of carbonyl (C=O) groups excluding carboxylic acids is 1. The number of β-amino-alcohol motifs (C(OH)–C–C–N with tert-alkyl or cyclic N) is 1. The van der Waals surface area contributed by atoms with E-state index < -0.39 is 16.9 Å². The molecule has 0 bridgehead atoms. The standard InChI is InChI=1S/C8H15NO3S/c1-6(13(2)12)4-9-5-7(10)3-8(9)11/h6-7,10H,3-5H2,1-2H3. The Morgan fingerprint density at radius 3 is 2.77 bits per heavy atom. The van der Waals surface area contributed by atoms with E-state index in [0.29, 0.717) is 13.1 Å². The second-order valence-electron chi connectivity index (χ2n) is 3.47. The Bertz CT molecular complexity index is 231. The van der Waals surface area contributed by atoms with Crippen LogP contribution < -0.4 is 0 Å². The summed E-state index contributed by atoms with van der Waals surface area (Å²) < 4.78 is 11.0. The molecule has 0 radical (unpaired) electrons. The second kappa shape index (κ2) is 4.19. The van der Waals surface area contributed by atoms with Crippen LogP contribution in [0.15, 0.2) is 0 Å². The SMILES string of the molecule is CC(CN1CC(O)CC1=O)S(C)=O. The molecule has 13 heavy (non-hydrogen) atoms. The van der Waals surface area contributed by atoms with Gasteiger partial charge in [-0.3, -0.25) is 9.00 Å². The minimum absolute atomic E-state index is 0.0192. The number of nitrogens with zero attached hydrogens (tertiary/aromatic N) is 1. The van der Waals surface area contributed by atoms with Crippen LogP contribution >= 0.6 is 0 Å². The first-order chi connectivity index (χ1) is 6.00. The number of likely N-dealkylation sites (tertiary alicyclic amines) is 1. The van der Waals surface area contributed by atoms with Crippen LogP contribution in [-0.2, 0) is 15.6 Å². The summed E-state index contributed by atoms with van der Waals surface area (Å²) in [5, 5.41) is 9.16. The monoisotopic (exact) mass is 205 g/mol. The van der Waals surface area contributed by atoms with Gasteiger partial charge in [-0.05, 0) is 6.92 Å². The van der Waals surface area contributed by atoms with Crippen LogP contribution in [0, 0.1) is 0 Å². The molecular weight excluding hydrogens is 190 g/mol. The first kappa shape index (κ1) is 10.7. The van der Waals surface area contributed by atoms with Crippen molar-refractivity contribution in [2.75, 3.05) is 19.3 Å². The maximum atomic E-state index is 11.2. The molecule has 76 valence electrons. The Balaban J connectivity index is 2.46. The van der Waals surface area contributed by atoms with Crippen molar-refractivity contribution in [3.63, 3.8) is 0 Å². The summed E-state index contributed by atoms with van der Waals surface area (Å²) in [7, 11) is -0.908. The molecule has 0 aromatic rings. The Labute approximate surface area is 80.4 Å². The molecule has 0 spiro atoms. The molecule has 1 aliphatic rings. The normalized spacial score (nSPS) is 27.8. The van der Waals surface area contributed by atoms with E-state index in [-0.39, 0.29) is 17.6 Å². The third-order valence-electron chi connectivity index (χ3n) is 2.24. The minimum atomic E-state index is -0.908. The molecule has 1 N–H and O–H groups in total. The molecule has 0 aliphatic carbocycles. The molecule has 0 saturated carbocycles. The van der Waals surface area contributed by atoms with Crippen LogP contribution in [0.5, 0.6) is 0 Å². The maximum absolute atomic E-state index is 11.2. The van der Waals surface area contributed by atoms with Crippen LogP contribution in [0.3, 0.4) is 0 Å². The molecule has 1 heterocycles. The van der Waals surface area contributed by atoms with Gasteiger partial charge in [-0.2, -0.15) is 0 Å². The van der Waals surface area contributed by atoms with Crippen LogP contribution in [0.4, 0.5) is 0 Å². The molecule has 1 rings (SSSR count). The summed E-state index contributed by atoms with van der Waals surface area (Å²) in [4.78, 5) is 12.8. The van der Waals surface area contributed by atoms with Crippen molar-refractivity contribution in [1.29, 1.82) is 0 Å². The Morgan fingerprint density at radius 2 is 2.38 bits per heavy atom. The molecule has 0 aromatic carbocycles. The zero-order chi connectivity index (χ0) is 10.0. The molecule has 1 fully saturated rings. The van der Waals surface area contributed by atoms with Crippen LogP contribution in [0.25, 0.3) is 0 Å². The Hall–Kier alpha value is -0.420. The van der Waals surface area contributed by atoms with E-state index in [2.05, 4.69) is 0 Å². The third kappa shape index (κ3) is 2.77. The smallest absolute Gasteiger partial charge is 0.225 e. The van der Waals surface area contributed by atoms with Crippen LogP contribution in [-0.4, -0.2) is 50.8 Å². The average Bonchev–Trinajstić information content (AvgIpc) is 2.30. The van der Waals surface area contributed by atoms with E-state index in [9.17, 15) is 14.1 Å². The number of carbonyl (C=O) groups is 1. The highest BCUT2D eigenvalue weighted by atomic mass is 32.2. The van der Waals surface area contributed by atoms with Gasteiger partial charge in [0.05, 0.1) is 12.5 Å². The molecule has 1 aliphatic heterocycles. The lowest BCUT2D eigenvalue weighted by Crippen LogP contribution is -2.34. The third-order valence-corrected chi connectivity index (χ3v) is 3.52. The molecule has 1 saturated heterocycles. The maximum Gasteiger partial charge on any atom is 0.225 e. The van der Waals surface area contributed by atoms with E-state index in [0.717, 1.165) is 0 Å². The van der Waals surface area contributed by atoms with E-state index in [1.54, 1.807) is 11.2 Å². The van der Waals surface area contributed by atoms with E-state index in [1.807, 2.05) is 6.92 Å². The van der Waals surface area contributed by atoms with Crippen molar-refractivity contribution in [2.45, 2.75) is 24.7 Å². The highest BCUT2D eigenvalue weighted by Gasteiger charge is 2.29. The number of rotatable bonds is 3. The highest BCUT2D eigenvalue weighted by Crippen LogP contribution is 2.11. The van der Waals surface area contributed by atoms with E-state index in [1.165, 1.54) is 0 Å². The average molecular weight is 205 g/mol. The zero-order valence-electron chi connectivity index (χ0n) is 7.90. The van der Waals surface area contributed by atoms with Crippen LogP contribution in [0.1, 0.15) is 13.3 Å². The van der Waals surface area contributed by atoms with E-state index >= 15 is 0 Å². The lowest BCUT2D eigenvalue weighted by Gasteiger charge is -2.19. The van der Waals surface area contributed by atoms with Gasteiger partial charge in [-0.25, -0.2) is 0 Å². The van der Waals surface area contributed by atoms with Gasteiger partial charge < -0.3 is 10.0 Å². The summed E-state index contributed by atoms with van der Waals surface area (Å²) in [5.41, 5.74) is 0. The van der Waals surface area contributed by atoms with Crippen molar-refractivity contribution in [3.05, 3.63) is 0 Å². The van der Waals surface area contributed by atoms with Crippen molar-refractivity contribution < 1.29 is 14.1 Å². The number of aliphatic hydroxyl groups excluding tert-OH is 1. The minimum Gasteiger partial charge on any atom is -0.391 e. The van der Waals surface area contributed by atoms with Crippen LogP contribution in [0.2, 0.25) is 0 Å². The fourth-order valence-corrected chi connectivity index (χ4v) is 1.73. The van der Waals surface area contributed by atoms with Crippen molar-refractivity contribution in [3.8, 4) is 0 Å². The first-order valence-corrected chi connectivity index (χ1v) is 5.91. The molecule has 5 heteroatoms. The number of aliphatic hydroxyl groups is 1. The van der Waals surface area contributed by atoms with Crippen molar-refractivity contribution in [2.24, 2.45) is 0 Å². The van der Waals surface area contributed by atoms with Gasteiger partial charge in [-0.1, -0.05) is 0 Å². The fraction of sp³-hybridized carbons (Fsp3) is 0.875.